The summed E-state index contributed by atoms with van der Waals surface area (Å²) in [5, 5.41) is 3.51. The number of nitrogens with zero attached hydrogens (tertiary/aromatic N) is 2. The molecule has 0 atom stereocenters. The van der Waals surface area contributed by atoms with Crippen molar-refractivity contribution in [1.82, 2.24) is 15.2 Å². The quantitative estimate of drug-likeness (QED) is 0.679. The minimum atomic E-state index is 0. The third-order valence-corrected chi connectivity index (χ3v) is 4.09. The Morgan fingerprint density at radius 1 is 1.15 bits per heavy atom. The Kier molecular flexibility index (Phi) is 20.1. The van der Waals surface area contributed by atoms with Crippen LogP contribution in [0.5, 0.6) is 0 Å². The summed E-state index contributed by atoms with van der Waals surface area (Å²) in [7, 11) is 0. The van der Waals surface area contributed by atoms with Crippen LogP contribution in [0.25, 0.3) is 0 Å². The first kappa shape index (κ1) is 25.4. The lowest BCUT2D eigenvalue weighted by Gasteiger charge is -2.17. The molecule has 0 aliphatic heterocycles. The summed E-state index contributed by atoms with van der Waals surface area (Å²) in [4.78, 5) is 8.15. The van der Waals surface area contributed by atoms with E-state index in [-0.39, 0.29) is 37.2 Å². The average Bonchev–Trinajstić information content (AvgIpc) is 2.74. The average molecular weight is 365 g/mol. The van der Waals surface area contributed by atoms with E-state index in [1.165, 1.54) is 23.5 Å². The molecule has 0 bridgehead atoms. The molecule has 0 spiro atoms. The number of rotatable bonds is 9. The molecule has 20 heavy (non-hydrogen) atoms. The standard InChI is InChI=1S/C13H25N3S.3ClH/c1-4-16(5-2)10-6-8-14-9-7-13-12(3)15-11-17-13;;;/h11,14H,4-10H2,1-3H3;3*1H. The third kappa shape index (κ3) is 10.2. The molecule has 7 heteroatoms. The van der Waals surface area contributed by atoms with E-state index in [1.54, 1.807) is 11.3 Å². The Hall–Kier alpha value is 0.420. The van der Waals surface area contributed by atoms with E-state index < -0.39 is 0 Å². The maximum atomic E-state index is 4.26. The van der Waals surface area contributed by atoms with Gasteiger partial charge in [0.15, 0.2) is 0 Å². The molecule has 1 rings (SSSR count). The molecular formula is C13H28Cl3N3S. The first-order valence-corrected chi connectivity index (χ1v) is 7.47. The number of thiazole rings is 1. The van der Waals surface area contributed by atoms with Crippen LogP contribution in [0, 0.1) is 6.92 Å². The molecule has 1 aromatic heterocycles. The molecule has 1 aromatic rings. The van der Waals surface area contributed by atoms with Gasteiger partial charge in [0.25, 0.3) is 0 Å². The van der Waals surface area contributed by atoms with Crippen LogP contribution in [0.2, 0.25) is 0 Å². The molecule has 0 aliphatic rings. The first-order valence-electron chi connectivity index (χ1n) is 6.60. The predicted octanol–water partition coefficient (Wildman–Crippen LogP) is 3.58. The van der Waals surface area contributed by atoms with Gasteiger partial charge in [-0.3, -0.25) is 0 Å². The van der Waals surface area contributed by atoms with Gasteiger partial charge < -0.3 is 10.2 Å². The van der Waals surface area contributed by atoms with Gasteiger partial charge in [0.2, 0.25) is 0 Å². The second kappa shape index (κ2) is 15.8. The Balaban J connectivity index is -0.000000963. The number of hydrogen-bond acceptors (Lipinski definition) is 4. The van der Waals surface area contributed by atoms with Gasteiger partial charge in [-0.2, -0.15) is 0 Å². The minimum Gasteiger partial charge on any atom is -0.316 e. The van der Waals surface area contributed by atoms with Crippen LogP contribution in [0.15, 0.2) is 5.51 Å². The molecule has 0 aromatic carbocycles. The van der Waals surface area contributed by atoms with Crippen molar-refractivity contribution in [2.45, 2.75) is 33.6 Å². The van der Waals surface area contributed by atoms with E-state index in [1.807, 2.05) is 5.51 Å². The topological polar surface area (TPSA) is 28.2 Å². The molecule has 0 fully saturated rings. The van der Waals surface area contributed by atoms with Gasteiger partial charge in [-0.25, -0.2) is 4.98 Å². The van der Waals surface area contributed by atoms with E-state index in [9.17, 15) is 0 Å². The van der Waals surface area contributed by atoms with Crippen LogP contribution in [-0.2, 0) is 6.42 Å². The van der Waals surface area contributed by atoms with Crippen molar-refractivity contribution in [2.75, 3.05) is 32.7 Å². The molecule has 1 N–H and O–H groups in total. The maximum absolute atomic E-state index is 4.26. The second-order valence-corrected chi connectivity index (χ2v) is 5.18. The fourth-order valence-electron chi connectivity index (χ4n) is 1.86. The van der Waals surface area contributed by atoms with Crippen molar-refractivity contribution < 1.29 is 0 Å². The van der Waals surface area contributed by atoms with Crippen LogP contribution in [0.4, 0.5) is 0 Å². The SMILES string of the molecule is CCN(CC)CCCNCCc1scnc1C.Cl.Cl.Cl. The van der Waals surface area contributed by atoms with Gasteiger partial charge in [-0.1, -0.05) is 13.8 Å². The van der Waals surface area contributed by atoms with Gasteiger partial charge >= 0.3 is 0 Å². The largest absolute Gasteiger partial charge is 0.316 e. The zero-order chi connectivity index (χ0) is 12.5. The summed E-state index contributed by atoms with van der Waals surface area (Å²) in [6, 6.07) is 0. The molecule has 0 unspecified atom stereocenters. The fourth-order valence-corrected chi connectivity index (χ4v) is 2.64. The van der Waals surface area contributed by atoms with Crippen LogP contribution in [0.3, 0.4) is 0 Å². The van der Waals surface area contributed by atoms with E-state index in [4.69, 9.17) is 0 Å². The van der Waals surface area contributed by atoms with Gasteiger partial charge in [-0.05, 0) is 45.9 Å². The molecule has 1 heterocycles. The summed E-state index contributed by atoms with van der Waals surface area (Å²) in [5.74, 6) is 0. The van der Waals surface area contributed by atoms with Crippen molar-refractivity contribution in [3.63, 3.8) is 0 Å². The van der Waals surface area contributed by atoms with Crippen molar-refractivity contribution in [2.24, 2.45) is 0 Å². The Morgan fingerprint density at radius 2 is 1.80 bits per heavy atom. The molecule has 0 aliphatic carbocycles. The number of aromatic nitrogens is 1. The second-order valence-electron chi connectivity index (χ2n) is 4.24. The summed E-state index contributed by atoms with van der Waals surface area (Å²) in [6.07, 6.45) is 2.35. The Bertz CT molecular complexity index is 307. The normalized spacial score (nSPS) is 9.60. The Labute approximate surface area is 146 Å². The van der Waals surface area contributed by atoms with Gasteiger partial charge in [0, 0.05) is 11.4 Å². The van der Waals surface area contributed by atoms with E-state index in [0.29, 0.717) is 0 Å². The molecular weight excluding hydrogens is 337 g/mol. The lowest BCUT2D eigenvalue weighted by atomic mass is 10.3. The zero-order valence-corrected chi connectivity index (χ0v) is 15.8. The molecule has 0 amide bonds. The number of hydrogen-bond donors (Lipinski definition) is 1. The summed E-state index contributed by atoms with van der Waals surface area (Å²) < 4.78 is 0. The van der Waals surface area contributed by atoms with E-state index in [0.717, 1.165) is 32.6 Å². The number of aryl methyl sites for hydroxylation is 1. The summed E-state index contributed by atoms with van der Waals surface area (Å²) >= 11 is 1.77. The van der Waals surface area contributed by atoms with Crippen LogP contribution >= 0.6 is 48.6 Å². The highest BCUT2D eigenvalue weighted by molar-refractivity contribution is 7.09. The van der Waals surface area contributed by atoms with Crippen LogP contribution in [0.1, 0.15) is 30.8 Å². The van der Waals surface area contributed by atoms with E-state index >= 15 is 0 Å². The first-order chi connectivity index (χ1) is 8.27. The fraction of sp³-hybridized carbons (Fsp3) is 0.769. The van der Waals surface area contributed by atoms with Gasteiger partial charge in [-0.15, -0.1) is 48.6 Å². The molecule has 122 valence electrons. The van der Waals surface area contributed by atoms with Crippen molar-refractivity contribution in [3.8, 4) is 0 Å². The highest BCUT2D eigenvalue weighted by Gasteiger charge is 2.01. The maximum Gasteiger partial charge on any atom is 0.0797 e. The molecule has 0 saturated carbocycles. The monoisotopic (exact) mass is 363 g/mol. The minimum absolute atomic E-state index is 0. The summed E-state index contributed by atoms with van der Waals surface area (Å²) in [6.45, 7) is 12.3. The Morgan fingerprint density at radius 3 is 2.30 bits per heavy atom. The predicted molar refractivity (Wildman–Crippen MR) is 97.6 cm³/mol. The molecule has 3 nitrogen and oxygen atoms in total. The van der Waals surface area contributed by atoms with Crippen molar-refractivity contribution in [1.29, 1.82) is 0 Å². The summed E-state index contributed by atoms with van der Waals surface area (Å²) in [5.41, 5.74) is 3.13. The third-order valence-electron chi connectivity index (χ3n) is 3.10. The highest BCUT2D eigenvalue weighted by Crippen LogP contribution is 2.11. The van der Waals surface area contributed by atoms with Gasteiger partial charge in [0.1, 0.15) is 0 Å². The van der Waals surface area contributed by atoms with Gasteiger partial charge in [0.05, 0.1) is 11.2 Å². The molecule has 0 saturated heterocycles. The lowest BCUT2D eigenvalue weighted by Crippen LogP contribution is -2.27. The smallest absolute Gasteiger partial charge is 0.0797 e. The lowest BCUT2D eigenvalue weighted by molar-refractivity contribution is 0.298. The van der Waals surface area contributed by atoms with Crippen LogP contribution in [-0.4, -0.2) is 42.6 Å². The zero-order valence-electron chi connectivity index (χ0n) is 12.6. The van der Waals surface area contributed by atoms with Crippen LogP contribution < -0.4 is 5.32 Å². The molecule has 0 radical (unpaired) electrons. The number of halogens is 3. The van der Waals surface area contributed by atoms with E-state index in [2.05, 4.69) is 36.0 Å². The van der Waals surface area contributed by atoms with Crippen molar-refractivity contribution >= 4 is 48.6 Å². The van der Waals surface area contributed by atoms with Crippen molar-refractivity contribution in [3.05, 3.63) is 16.1 Å². The highest BCUT2D eigenvalue weighted by atomic mass is 35.5. The number of nitrogens with one attached hydrogen (secondary N) is 1.